The number of hydrogen-bond donors (Lipinski definition) is 2. The molecule has 178 valence electrons. The van der Waals surface area contributed by atoms with E-state index < -0.39 is 23.6 Å². The van der Waals surface area contributed by atoms with Crippen molar-refractivity contribution in [3.63, 3.8) is 0 Å². The first-order valence-electron chi connectivity index (χ1n) is 10.3. The summed E-state index contributed by atoms with van der Waals surface area (Å²) in [6.45, 7) is 4.37. The third-order valence-electron chi connectivity index (χ3n) is 4.98. The molecule has 0 atom stereocenters. The van der Waals surface area contributed by atoms with Crippen molar-refractivity contribution in [3.05, 3.63) is 65.1 Å². The molecule has 34 heavy (non-hydrogen) atoms. The SMILES string of the molecule is CC(C)c1c(C(=O)NNC(=O)c2ccc3c(c2)OCCO3)cnn1-c1ccc(C(F)(F)F)cn1. The van der Waals surface area contributed by atoms with E-state index in [9.17, 15) is 22.8 Å². The van der Waals surface area contributed by atoms with E-state index >= 15 is 0 Å². The Hall–Kier alpha value is -4.09. The van der Waals surface area contributed by atoms with Gasteiger partial charge in [0.15, 0.2) is 17.3 Å². The van der Waals surface area contributed by atoms with Gasteiger partial charge in [-0.15, -0.1) is 0 Å². The maximum Gasteiger partial charge on any atom is 0.417 e. The van der Waals surface area contributed by atoms with Gasteiger partial charge in [0.2, 0.25) is 0 Å². The molecule has 0 spiro atoms. The number of nitrogens with one attached hydrogen (secondary N) is 2. The predicted octanol–water partition coefficient (Wildman–Crippen LogP) is 3.26. The monoisotopic (exact) mass is 475 g/mol. The molecule has 2 N–H and O–H groups in total. The Bertz CT molecular complexity index is 1220. The highest BCUT2D eigenvalue weighted by Crippen LogP contribution is 2.31. The van der Waals surface area contributed by atoms with Crippen molar-refractivity contribution in [1.82, 2.24) is 25.6 Å². The summed E-state index contributed by atoms with van der Waals surface area (Å²) < 4.78 is 50.7. The first-order valence-corrected chi connectivity index (χ1v) is 10.3. The van der Waals surface area contributed by atoms with Gasteiger partial charge in [-0.05, 0) is 36.2 Å². The number of amides is 2. The second-order valence-corrected chi connectivity index (χ2v) is 7.68. The minimum atomic E-state index is -4.52. The zero-order valence-electron chi connectivity index (χ0n) is 18.1. The van der Waals surface area contributed by atoms with Crippen LogP contribution in [0, 0.1) is 0 Å². The Kier molecular flexibility index (Phi) is 6.14. The Morgan fingerprint density at radius 3 is 2.35 bits per heavy atom. The Morgan fingerprint density at radius 2 is 1.71 bits per heavy atom. The first kappa shape index (κ1) is 23.1. The van der Waals surface area contributed by atoms with E-state index in [1.165, 1.54) is 29.1 Å². The van der Waals surface area contributed by atoms with E-state index in [1.54, 1.807) is 19.9 Å². The molecule has 0 aliphatic carbocycles. The minimum Gasteiger partial charge on any atom is -0.486 e. The lowest BCUT2D eigenvalue weighted by Gasteiger charge is -2.18. The number of ether oxygens (including phenoxy) is 2. The summed E-state index contributed by atoms with van der Waals surface area (Å²) in [4.78, 5) is 29.1. The van der Waals surface area contributed by atoms with Crippen LogP contribution in [0.2, 0.25) is 0 Å². The number of carbonyl (C=O) groups is 2. The molecule has 9 nitrogen and oxygen atoms in total. The van der Waals surface area contributed by atoms with Gasteiger partial charge < -0.3 is 9.47 Å². The van der Waals surface area contributed by atoms with Gasteiger partial charge in [-0.2, -0.15) is 18.3 Å². The topological polar surface area (TPSA) is 107 Å². The van der Waals surface area contributed by atoms with Gasteiger partial charge in [-0.3, -0.25) is 20.4 Å². The summed E-state index contributed by atoms with van der Waals surface area (Å²) in [5.74, 6) is -0.381. The number of aromatic nitrogens is 3. The van der Waals surface area contributed by atoms with Gasteiger partial charge in [-0.1, -0.05) is 13.8 Å². The molecule has 0 unspecified atom stereocenters. The second-order valence-electron chi connectivity index (χ2n) is 7.68. The average molecular weight is 475 g/mol. The third-order valence-corrected chi connectivity index (χ3v) is 4.98. The zero-order valence-corrected chi connectivity index (χ0v) is 18.1. The van der Waals surface area contributed by atoms with Crippen molar-refractivity contribution in [2.75, 3.05) is 13.2 Å². The molecular weight excluding hydrogens is 455 g/mol. The van der Waals surface area contributed by atoms with Crippen LogP contribution < -0.4 is 20.3 Å². The van der Waals surface area contributed by atoms with Crippen LogP contribution in [0.15, 0.2) is 42.7 Å². The van der Waals surface area contributed by atoms with Crippen LogP contribution in [0.4, 0.5) is 13.2 Å². The first-order chi connectivity index (χ1) is 16.1. The predicted molar refractivity (Wildman–Crippen MR) is 113 cm³/mol. The number of hydrogen-bond acceptors (Lipinski definition) is 6. The number of rotatable bonds is 4. The molecule has 1 aliphatic rings. The number of nitrogens with zero attached hydrogens (tertiary/aromatic N) is 3. The highest BCUT2D eigenvalue weighted by molar-refractivity contribution is 6.00. The molecule has 1 aromatic carbocycles. The van der Waals surface area contributed by atoms with Gasteiger partial charge in [0.1, 0.15) is 13.2 Å². The molecule has 0 fully saturated rings. The number of hydrazine groups is 1. The smallest absolute Gasteiger partial charge is 0.417 e. The molecule has 0 saturated heterocycles. The summed E-state index contributed by atoms with van der Waals surface area (Å²) in [6, 6.07) is 6.70. The van der Waals surface area contributed by atoms with Crippen molar-refractivity contribution in [2.45, 2.75) is 25.9 Å². The molecule has 0 saturated carbocycles. The van der Waals surface area contributed by atoms with Gasteiger partial charge in [0.25, 0.3) is 11.8 Å². The second kappa shape index (κ2) is 9.04. The lowest BCUT2D eigenvalue weighted by molar-refractivity contribution is -0.137. The van der Waals surface area contributed by atoms with E-state index in [4.69, 9.17) is 9.47 Å². The van der Waals surface area contributed by atoms with Crippen molar-refractivity contribution >= 4 is 11.8 Å². The average Bonchev–Trinajstić information content (AvgIpc) is 3.27. The normalized spacial score (nSPS) is 13.0. The maximum absolute atomic E-state index is 12.8. The van der Waals surface area contributed by atoms with Crippen LogP contribution in [0.25, 0.3) is 5.82 Å². The fraction of sp³-hybridized carbons (Fsp3) is 0.273. The number of carbonyl (C=O) groups excluding carboxylic acids is 2. The van der Waals surface area contributed by atoms with Crippen LogP contribution in [0.5, 0.6) is 11.5 Å². The molecule has 2 aromatic heterocycles. The quantitative estimate of drug-likeness (QED) is 0.561. The van der Waals surface area contributed by atoms with E-state index in [0.29, 0.717) is 36.6 Å². The van der Waals surface area contributed by atoms with Crippen LogP contribution in [-0.2, 0) is 6.18 Å². The van der Waals surface area contributed by atoms with Crippen LogP contribution in [0.3, 0.4) is 0 Å². The number of pyridine rings is 1. The molecule has 3 heterocycles. The van der Waals surface area contributed by atoms with Gasteiger partial charge in [0, 0.05) is 11.8 Å². The molecular formula is C22H20F3N5O4. The fourth-order valence-corrected chi connectivity index (χ4v) is 3.39. The molecule has 12 heteroatoms. The third kappa shape index (κ3) is 4.65. The van der Waals surface area contributed by atoms with Crippen LogP contribution in [-0.4, -0.2) is 39.8 Å². The lowest BCUT2D eigenvalue weighted by atomic mass is 10.1. The van der Waals surface area contributed by atoms with Gasteiger partial charge >= 0.3 is 6.18 Å². The van der Waals surface area contributed by atoms with Crippen molar-refractivity contribution in [1.29, 1.82) is 0 Å². The molecule has 0 radical (unpaired) electrons. The van der Waals surface area contributed by atoms with Crippen LogP contribution in [0.1, 0.15) is 51.7 Å². The number of alkyl halides is 3. The van der Waals surface area contributed by atoms with Gasteiger partial charge in [-0.25, -0.2) is 9.67 Å². The summed E-state index contributed by atoms with van der Waals surface area (Å²) in [7, 11) is 0. The van der Waals surface area contributed by atoms with E-state index in [0.717, 1.165) is 6.07 Å². The molecule has 1 aliphatic heterocycles. The Labute approximate surface area is 191 Å². The summed E-state index contributed by atoms with van der Waals surface area (Å²) in [5, 5.41) is 4.12. The fourth-order valence-electron chi connectivity index (χ4n) is 3.39. The van der Waals surface area contributed by atoms with Crippen LogP contribution >= 0.6 is 0 Å². The number of fused-ring (bicyclic) bond motifs is 1. The van der Waals surface area contributed by atoms with Gasteiger partial charge in [0.05, 0.1) is 23.0 Å². The van der Waals surface area contributed by atoms with E-state index in [-0.39, 0.29) is 22.9 Å². The van der Waals surface area contributed by atoms with Crippen molar-refractivity contribution in [2.24, 2.45) is 0 Å². The highest BCUT2D eigenvalue weighted by Gasteiger charge is 2.31. The molecule has 2 amide bonds. The van der Waals surface area contributed by atoms with E-state index in [1.807, 2.05) is 0 Å². The molecule has 4 rings (SSSR count). The maximum atomic E-state index is 12.8. The summed E-state index contributed by atoms with van der Waals surface area (Å²) >= 11 is 0. The Morgan fingerprint density at radius 1 is 1.00 bits per heavy atom. The number of halogens is 3. The Balaban J connectivity index is 1.50. The summed E-state index contributed by atoms with van der Waals surface area (Å²) in [5.41, 5.74) is 4.57. The summed E-state index contributed by atoms with van der Waals surface area (Å²) in [6.07, 6.45) is -2.55. The molecule has 0 bridgehead atoms. The minimum absolute atomic E-state index is 0.121. The zero-order chi connectivity index (χ0) is 24.5. The molecule has 3 aromatic rings. The number of benzene rings is 1. The van der Waals surface area contributed by atoms with Crippen molar-refractivity contribution < 1.29 is 32.2 Å². The van der Waals surface area contributed by atoms with E-state index in [2.05, 4.69) is 20.9 Å². The van der Waals surface area contributed by atoms with Crippen molar-refractivity contribution in [3.8, 4) is 17.3 Å². The lowest BCUT2D eigenvalue weighted by Crippen LogP contribution is -2.42. The largest absolute Gasteiger partial charge is 0.486 e. The standard InChI is InChI=1S/C22H20F3N5O4/c1-12(2)19-15(11-27-30(19)18-6-4-14(10-26-18)22(23,24)25)21(32)29-28-20(31)13-3-5-16-17(9-13)34-8-7-33-16/h3-6,9-12H,7-8H2,1-2H3,(H,28,31)(H,29,32). The highest BCUT2D eigenvalue weighted by atomic mass is 19.4.